The first-order valence-corrected chi connectivity index (χ1v) is 6.81. The second-order valence-electron chi connectivity index (χ2n) is 4.78. The zero-order chi connectivity index (χ0) is 16.8. The van der Waals surface area contributed by atoms with E-state index < -0.39 is 4.92 Å². The highest BCUT2D eigenvalue weighted by atomic mass is 16.6. The minimum atomic E-state index is -0.498. The van der Waals surface area contributed by atoms with Gasteiger partial charge < -0.3 is 5.32 Å². The Morgan fingerprint density at radius 2 is 1.87 bits per heavy atom. The first-order chi connectivity index (χ1) is 11.0. The number of nitro benzene ring substituents is 1. The van der Waals surface area contributed by atoms with Gasteiger partial charge in [0, 0.05) is 24.2 Å². The molecule has 6 nitrogen and oxygen atoms in total. The van der Waals surface area contributed by atoms with Gasteiger partial charge in [-0.3, -0.25) is 19.7 Å². The van der Waals surface area contributed by atoms with Gasteiger partial charge in [0.2, 0.25) is 5.91 Å². The van der Waals surface area contributed by atoms with Crippen LogP contribution < -0.4 is 5.32 Å². The number of hydrogen-bond acceptors (Lipinski definition) is 4. The Balaban J connectivity index is 2.22. The lowest BCUT2D eigenvalue weighted by atomic mass is 10.1. The van der Waals surface area contributed by atoms with E-state index in [1.54, 1.807) is 42.5 Å². The van der Waals surface area contributed by atoms with Gasteiger partial charge in [-0.05, 0) is 30.4 Å². The predicted octanol–water partition coefficient (Wildman–Crippen LogP) is 3.45. The first kappa shape index (κ1) is 16.1. The smallest absolute Gasteiger partial charge is 0.276 e. The minimum Gasteiger partial charge on any atom is -0.326 e. The maximum Gasteiger partial charge on any atom is 0.276 e. The van der Waals surface area contributed by atoms with E-state index in [0.717, 1.165) is 0 Å². The highest BCUT2D eigenvalue weighted by Gasteiger charge is 2.10. The zero-order valence-corrected chi connectivity index (χ0v) is 12.4. The standard InChI is InChI=1S/C17H14N2O4/c1-12(20)18-15-7-4-6-14(11-15)17(21)10-9-13-5-2-3-8-16(13)19(22)23/h2-11H,1H3,(H,18,20)/b10-9+. The molecular weight excluding hydrogens is 296 g/mol. The normalized spacial score (nSPS) is 10.5. The molecule has 0 bridgehead atoms. The summed E-state index contributed by atoms with van der Waals surface area (Å²) in [5.41, 5.74) is 1.18. The van der Waals surface area contributed by atoms with Crippen molar-refractivity contribution in [2.24, 2.45) is 0 Å². The van der Waals surface area contributed by atoms with Gasteiger partial charge in [0.15, 0.2) is 5.78 Å². The summed E-state index contributed by atoms with van der Waals surface area (Å²) in [7, 11) is 0. The Bertz CT molecular complexity index is 797. The van der Waals surface area contributed by atoms with Crippen LogP contribution in [0.25, 0.3) is 6.08 Å². The number of nitrogens with one attached hydrogen (secondary N) is 1. The van der Waals surface area contributed by atoms with Gasteiger partial charge >= 0.3 is 0 Å². The lowest BCUT2D eigenvalue weighted by Crippen LogP contribution is -2.06. The molecule has 0 spiro atoms. The molecule has 0 fully saturated rings. The van der Waals surface area contributed by atoms with Gasteiger partial charge in [0.05, 0.1) is 10.5 Å². The molecule has 6 heteroatoms. The lowest BCUT2D eigenvalue weighted by molar-refractivity contribution is -0.385. The van der Waals surface area contributed by atoms with Crippen LogP contribution in [0, 0.1) is 10.1 Å². The average molecular weight is 310 g/mol. The Hall–Kier alpha value is -3.28. The summed E-state index contributed by atoms with van der Waals surface area (Å²) in [6.45, 7) is 1.38. The van der Waals surface area contributed by atoms with E-state index in [9.17, 15) is 19.7 Å². The summed E-state index contributed by atoms with van der Waals surface area (Å²) in [6.07, 6.45) is 2.68. The number of carbonyl (C=O) groups is 2. The Labute approximate surface area is 132 Å². The fourth-order valence-corrected chi connectivity index (χ4v) is 2.01. The highest BCUT2D eigenvalue weighted by molar-refractivity contribution is 6.07. The van der Waals surface area contributed by atoms with Crippen molar-refractivity contribution in [1.29, 1.82) is 0 Å². The van der Waals surface area contributed by atoms with Crippen LogP contribution in [0.5, 0.6) is 0 Å². The number of benzene rings is 2. The number of anilines is 1. The Morgan fingerprint density at radius 1 is 1.13 bits per heavy atom. The molecule has 116 valence electrons. The molecule has 0 radical (unpaired) electrons. The van der Waals surface area contributed by atoms with Crippen molar-refractivity contribution in [1.82, 2.24) is 0 Å². The molecule has 0 aliphatic carbocycles. The van der Waals surface area contributed by atoms with Crippen LogP contribution in [0.15, 0.2) is 54.6 Å². The number of ketones is 1. The second kappa shape index (κ2) is 7.13. The van der Waals surface area contributed by atoms with Crippen molar-refractivity contribution in [3.63, 3.8) is 0 Å². The highest BCUT2D eigenvalue weighted by Crippen LogP contribution is 2.19. The van der Waals surface area contributed by atoms with E-state index in [1.165, 1.54) is 25.1 Å². The lowest BCUT2D eigenvalue weighted by Gasteiger charge is -2.03. The number of para-hydroxylation sites is 1. The number of nitrogens with zero attached hydrogens (tertiary/aromatic N) is 1. The van der Waals surface area contributed by atoms with E-state index in [4.69, 9.17) is 0 Å². The second-order valence-corrected chi connectivity index (χ2v) is 4.78. The maximum atomic E-state index is 12.2. The zero-order valence-electron chi connectivity index (χ0n) is 12.4. The fraction of sp³-hybridized carbons (Fsp3) is 0.0588. The molecule has 0 unspecified atom stereocenters. The topological polar surface area (TPSA) is 89.3 Å². The molecular formula is C17H14N2O4. The third-order valence-electron chi connectivity index (χ3n) is 3.02. The molecule has 0 aliphatic rings. The number of hydrogen-bond donors (Lipinski definition) is 1. The van der Waals surface area contributed by atoms with Crippen molar-refractivity contribution >= 4 is 29.1 Å². The summed E-state index contributed by atoms with van der Waals surface area (Å²) in [4.78, 5) is 33.6. The SMILES string of the molecule is CC(=O)Nc1cccc(C(=O)/C=C/c2ccccc2[N+](=O)[O-])c1. The number of rotatable bonds is 5. The molecule has 2 rings (SSSR count). The third-order valence-corrected chi connectivity index (χ3v) is 3.02. The molecule has 2 aromatic rings. The van der Waals surface area contributed by atoms with E-state index in [1.807, 2.05) is 0 Å². The summed E-state index contributed by atoms with van der Waals surface area (Å²) in [5.74, 6) is -0.541. The van der Waals surface area contributed by atoms with Gasteiger partial charge in [0.1, 0.15) is 0 Å². The quantitative estimate of drug-likeness (QED) is 0.396. The average Bonchev–Trinajstić information content (AvgIpc) is 2.52. The molecule has 1 amide bonds. The molecule has 0 heterocycles. The van der Waals surface area contributed by atoms with Crippen LogP contribution in [-0.2, 0) is 4.79 Å². The first-order valence-electron chi connectivity index (χ1n) is 6.81. The van der Waals surface area contributed by atoms with Crippen molar-refractivity contribution < 1.29 is 14.5 Å². The van der Waals surface area contributed by atoms with Crippen LogP contribution in [0.1, 0.15) is 22.8 Å². The Kier molecular flexibility index (Phi) is 4.99. The summed E-state index contributed by atoms with van der Waals surface area (Å²) in [5, 5.41) is 13.5. The number of amides is 1. The predicted molar refractivity (Wildman–Crippen MR) is 87.2 cm³/mol. The van der Waals surface area contributed by atoms with Gasteiger partial charge in [0.25, 0.3) is 5.69 Å². The van der Waals surface area contributed by atoms with Gasteiger partial charge in [-0.2, -0.15) is 0 Å². The van der Waals surface area contributed by atoms with Crippen LogP contribution >= 0.6 is 0 Å². The van der Waals surface area contributed by atoms with Crippen LogP contribution in [0.4, 0.5) is 11.4 Å². The summed E-state index contributed by atoms with van der Waals surface area (Å²) in [6, 6.07) is 12.6. The van der Waals surface area contributed by atoms with E-state index >= 15 is 0 Å². The molecule has 0 aromatic heterocycles. The van der Waals surface area contributed by atoms with Crippen LogP contribution in [0.2, 0.25) is 0 Å². The van der Waals surface area contributed by atoms with Crippen molar-refractivity contribution in [3.8, 4) is 0 Å². The number of allylic oxidation sites excluding steroid dienone is 1. The van der Waals surface area contributed by atoms with Gasteiger partial charge in [-0.15, -0.1) is 0 Å². The van der Waals surface area contributed by atoms with Crippen molar-refractivity contribution in [2.45, 2.75) is 6.92 Å². The minimum absolute atomic E-state index is 0.0662. The van der Waals surface area contributed by atoms with E-state index in [0.29, 0.717) is 16.8 Å². The molecule has 0 saturated heterocycles. The van der Waals surface area contributed by atoms with Crippen LogP contribution in [-0.4, -0.2) is 16.6 Å². The Morgan fingerprint density at radius 3 is 2.57 bits per heavy atom. The van der Waals surface area contributed by atoms with Crippen molar-refractivity contribution in [3.05, 3.63) is 75.8 Å². The largest absolute Gasteiger partial charge is 0.326 e. The van der Waals surface area contributed by atoms with Crippen LogP contribution in [0.3, 0.4) is 0 Å². The van der Waals surface area contributed by atoms with E-state index in [2.05, 4.69) is 5.32 Å². The summed E-state index contributed by atoms with van der Waals surface area (Å²) < 4.78 is 0. The molecule has 0 aliphatic heterocycles. The third kappa shape index (κ3) is 4.34. The van der Waals surface area contributed by atoms with Gasteiger partial charge in [-0.25, -0.2) is 0 Å². The molecule has 23 heavy (non-hydrogen) atoms. The molecule has 0 atom stereocenters. The van der Waals surface area contributed by atoms with Gasteiger partial charge in [-0.1, -0.05) is 24.3 Å². The monoisotopic (exact) mass is 310 g/mol. The van der Waals surface area contributed by atoms with Crippen molar-refractivity contribution in [2.75, 3.05) is 5.32 Å². The molecule has 1 N–H and O–H groups in total. The molecule has 2 aromatic carbocycles. The van der Waals surface area contributed by atoms with E-state index in [-0.39, 0.29) is 17.4 Å². The number of carbonyl (C=O) groups excluding carboxylic acids is 2. The number of nitro groups is 1. The maximum absolute atomic E-state index is 12.2. The fourth-order valence-electron chi connectivity index (χ4n) is 2.01. The molecule has 0 saturated carbocycles. The summed E-state index contributed by atoms with van der Waals surface area (Å²) >= 11 is 0.